The Balaban J connectivity index is 1.66. The van der Waals surface area contributed by atoms with Gasteiger partial charge in [-0.2, -0.15) is 0 Å². The second-order valence-corrected chi connectivity index (χ2v) is 6.57. The number of hydrogen-bond donors (Lipinski definition) is 1. The Hall–Kier alpha value is -0.740. The standard InChI is InChI=1S/C15H20BrNO2/c1-9-3-4-13(10(9)2)17-7-11-5-12(16)15-14(6-11)18-8-19-15/h5-6,9-10,13,17H,3-4,7-8H2,1-2H3. The molecular formula is C15H20BrNO2. The molecule has 0 amide bonds. The number of nitrogens with one attached hydrogen (secondary N) is 1. The summed E-state index contributed by atoms with van der Waals surface area (Å²) < 4.78 is 11.8. The topological polar surface area (TPSA) is 30.5 Å². The van der Waals surface area contributed by atoms with Crippen LogP contribution < -0.4 is 14.8 Å². The zero-order chi connectivity index (χ0) is 13.4. The highest BCUT2D eigenvalue weighted by Crippen LogP contribution is 2.40. The van der Waals surface area contributed by atoms with Gasteiger partial charge in [-0.1, -0.05) is 13.8 Å². The Kier molecular flexibility index (Phi) is 3.72. The lowest BCUT2D eigenvalue weighted by Gasteiger charge is -2.20. The van der Waals surface area contributed by atoms with Gasteiger partial charge in [0.15, 0.2) is 11.5 Å². The van der Waals surface area contributed by atoms with Crippen molar-refractivity contribution < 1.29 is 9.47 Å². The predicted molar refractivity (Wildman–Crippen MR) is 78.5 cm³/mol. The summed E-state index contributed by atoms with van der Waals surface area (Å²) in [7, 11) is 0. The Morgan fingerprint density at radius 1 is 1.26 bits per heavy atom. The lowest BCUT2D eigenvalue weighted by Crippen LogP contribution is -2.31. The smallest absolute Gasteiger partial charge is 0.231 e. The van der Waals surface area contributed by atoms with Crippen LogP contribution in [0.1, 0.15) is 32.3 Å². The number of halogens is 1. The van der Waals surface area contributed by atoms with E-state index in [9.17, 15) is 0 Å². The van der Waals surface area contributed by atoms with Crippen LogP contribution in [-0.2, 0) is 6.54 Å². The summed E-state index contributed by atoms with van der Waals surface area (Å²) in [4.78, 5) is 0. The molecule has 0 saturated heterocycles. The normalized spacial score (nSPS) is 28.9. The molecule has 3 atom stereocenters. The van der Waals surface area contributed by atoms with Crippen LogP contribution >= 0.6 is 15.9 Å². The Labute approximate surface area is 122 Å². The number of rotatable bonds is 3. The van der Waals surface area contributed by atoms with Gasteiger partial charge in [0.1, 0.15) is 0 Å². The highest BCUT2D eigenvalue weighted by Gasteiger charge is 2.29. The van der Waals surface area contributed by atoms with Gasteiger partial charge in [-0.05, 0) is 58.3 Å². The molecule has 3 nitrogen and oxygen atoms in total. The third-order valence-corrected chi connectivity index (χ3v) is 5.11. The fraction of sp³-hybridized carbons (Fsp3) is 0.600. The molecule has 3 unspecified atom stereocenters. The van der Waals surface area contributed by atoms with Crippen molar-refractivity contribution in [2.45, 2.75) is 39.3 Å². The van der Waals surface area contributed by atoms with Gasteiger partial charge < -0.3 is 14.8 Å². The van der Waals surface area contributed by atoms with Crippen molar-refractivity contribution in [2.75, 3.05) is 6.79 Å². The quantitative estimate of drug-likeness (QED) is 0.919. The second kappa shape index (κ2) is 5.33. The zero-order valence-electron chi connectivity index (χ0n) is 11.4. The molecular weight excluding hydrogens is 306 g/mol. The van der Waals surface area contributed by atoms with Crippen LogP contribution in [-0.4, -0.2) is 12.8 Å². The zero-order valence-corrected chi connectivity index (χ0v) is 13.0. The fourth-order valence-electron chi connectivity index (χ4n) is 3.02. The van der Waals surface area contributed by atoms with Crippen LogP contribution in [0.4, 0.5) is 0 Å². The molecule has 0 spiro atoms. The van der Waals surface area contributed by atoms with Gasteiger partial charge in [-0.3, -0.25) is 0 Å². The Morgan fingerprint density at radius 3 is 2.84 bits per heavy atom. The van der Waals surface area contributed by atoms with Crippen molar-refractivity contribution in [1.29, 1.82) is 0 Å². The monoisotopic (exact) mass is 325 g/mol. The molecule has 104 valence electrons. The van der Waals surface area contributed by atoms with Gasteiger partial charge >= 0.3 is 0 Å². The van der Waals surface area contributed by atoms with Crippen molar-refractivity contribution in [1.82, 2.24) is 5.32 Å². The molecule has 1 aliphatic heterocycles. The third-order valence-electron chi connectivity index (χ3n) is 4.52. The fourth-order valence-corrected chi connectivity index (χ4v) is 3.63. The van der Waals surface area contributed by atoms with E-state index in [-0.39, 0.29) is 0 Å². The molecule has 1 fully saturated rings. The first-order valence-corrected chi connectivity index (χ1v) is 7.76. The summed E-state index contributed by atoms with van der Waals surface area (Å²) in [6.45, 7) is 5.91. The van der Waals surface area contributed by atoms with Gasteiger partial charge in [0.25, 0.3) is 0 Å². The van der Waals surface area contributed by atoms with Gasteiger partial charge in [-0.25, -0.2) is 0 Å². The lowest BCUT2D eigenvalue weighted by atomic mass is 9.97. The molecule has 0 bridgehead atoms. The highest BCUT2D eigenvalue weighted by atomic mass is 79.9. The lowest BCUT2D eigenvalue weighted by molar-refractivity contribution is 0.173. The SMILES string of the molecule is CC1CCC(NCc2cc(Br)c3c(c2)OCO3)C1C. The van der Waals surface area contributed by atoms with E-state index in [1.54, 1.807) is 0 Å². The first kappa shape index (κ1) is 13.3. The first-order chi connectivity index (χ1) is 9.15. The van der Waals surface area contributed by atoms with Crippen molar-refractivity contribution in [3.63, 3.8) is 0 Å². The molecule has 19 heavy (non-hydrogen) atoms. The molecule has 1 heterocycles. The minimum atomic E-state index is 0.321. The van der Waals surface area contributed by atoms with Crippen LogP contribution in [0.2, 0.25) is 0 Å². The number of ether oxygens (including phenoxy) is 2. The summed E-state index contributed by atoms with van der Waals surface area (Å²) >= 11 is 3.54. The van der Waals surface area contributed by atoms with Crippen molar-refractivity contribution >= 4 is 15.9 Å². The average Bonchev–Trinajstić information content (AvgIpc) is 2.97. The van der Waals surface area contributed by atoms with E-state index in [1.165, 1.54) is 18.4 Å². The largest absolute Gasteiger partial charge is 0.454 e. The van der Waals surface area contributed by atoms with Gasteiger partial charge in [-0.15, -0.1) is 0 Å². The summed E-state index contributed by atoms with van der Waals surface area (Å²) in [5.41, 5.74) is 1.24. The minimum absolute atomic E-state index is 0.321. The highest BCUT2D eigenvalue weighted by molar-refractivity contribution is 9.10. The van der Waals surface area contributed by atoms with Crippen LogP contribution in [0.3, 0.4) is 0 Å². The van der Waals surface area contributed by atoms with E-state index in [2.05, 4.69) is 47.2 Å². The molecule has 0 radical (unpaired) electrons. The predicted octanol–water partition coefficient (Wildman–Crippen LogP) is 3.70. The summed E-state index contributed by atoms with van der Waals surface area (Å²) in [6.07, 6.45) is 2.62. The summed E-state index contributed by atoms with van der Waals surface area (Å²) in [6, 6.07) is 4.83. The number of fused-ring (bicyclic) bond motifs is 1. The molecule has 4 heteroatoms. The van der Waals surface area contributed by atoms with E-state index >= 15 is 0 Å². The number of hydrogen-bond acceptors (Lipinski definition) is 3. The molecule has 0 aromatic heterocycles. The summed E-state index contributed by atoms with van der Waals surface area (Å²) in [5.74, 6) is 3.27. The minimum Gasteiger partial charge on any atom is -0.454 e. The second-order valence-electron chi connectivity index (χ2n) is 5.71. The molecule has 1 aromatic rings. The number of benzene rings is 1. The van der Waals surface area contributed by atoms with Crippen LogP contribution in [0.15, 0.2) is 16.6 Å². The van der Waals surface area contributed by atoms with Crippen LogP contribution in [0.25, 0.3) is 0 Å². The van der Waals surface area contributed by atoms with Crippen molar-refractivity contribution in [2.24, 2.45) is 11.8 Å². The van der Waals surface area contributed by atoms with E-state index in [4.69, 9.17) is 9.47 Å². The first-order valence-electron chi connectivity index (χ1n) is 6.96. The molecule has 1 aromatic carbocycles. The maximum absolute atomic E-state index is 5.45. The molecule has 1 saturated carbocycles. The maximum Gasteiger partial charge on any atom is 0.231 e. The van der Waals surface area contributed by atoms with Gasteiger partial charge in [0.2, 0.25) is 6.79 Å². The van der Waals surface area contributed by atoms with Gasteiger partial charge in [0, 0.05) is 12.6 Å². The molecule has 1 aliphatic carbocycles. The van der Waals surface area contributed by atoms with E-state index in [0.717, 1.165) is 34.4 Å². The van der Waals surface area contributed by atoms with E-state index in [1.807, 2.05) is 0 Å². The average molecular weight is 326 g/mol. The van der Waals surface area contributed by atoms with Crippen LogP contribution in [0.5, 0.6) is 11.5 Å². The van der Waals surface area contributed by atoms with Crippen molar-refractivity contribution in [3.05, 3.63) is 22.2 Å². The van der Waals surface area contributed by atoms with Crippen molar-refractivity contribution in [3.8, 4) is 11.5 Å². The molecule has 2 aliphatic rings. The molecule has 1 N–H and O–H groups in total. The third kappa shape index (κ3) is 2.61. The van der Waals surface area contributed by atoms with E-state index in [0.29, 0.717) is 12.8 Å². The Bertz CT molecular complexity index is 477. The Morgan fingerprint density at radius 2 is 2.11 bits per heavy atom. The van der Waals surface area contributed by atoms with Gasteiger partial charge in [0.05, 0.1) is 4.47 Å². The van der Waals surface area contributed by atoms with E-state index < -0.39 is 0 Å². The van der Waals surface area contributed by atoms with Crippen LogP contribution in [0, 0.1) is 11.8 Å². The summed E-state index contributed by atoms with van der Waals surface area (Å²) in [5, 5.41) is 3.68. The maximum atomic E-state index is 5.45. The molecule has 3 rings (SSSR count).